The number of nitrogens with zero attached hydrogens (tertiary/aromatic N) is 2. The summed E-state index contributed by atoms with van der Waals surface area (Å²) < 4.78 is 4.65. The predicted molar refractivity (Wildman–Crippen MR) is 69.4 cm³/mol. The minimum absolute atomic E-state index is 0.178. The van der Waals surface area contributed by atoms with Crippen molar-refractivity contribution in [3.8, 4) is 0 Å². The summed E-state index contributed by atoms with van der Waals surface area (Å²) in [7, 11) is 0. The van der Waals surface area contributed by atoms with Crippen molar-refractivity contribution in [2.75, 3.05) is 0 Å². The van der Waals surface area contributed by atoms with Gasteiger partial charge in [0.1, 0.15) is 11.0 Å². The second-order valence-electron chi connectivity index (χ2n) is 4.96. The van der Waals surface area contributed by atoms with Crippen molar-refractivity contribution in [2.45, 2.75) is 40.0 Å². The Labute approximate surface area is 106 Å². The molecule has 0 amide bonds. The maximum absolute atomic E-state index is 12.6. The van der Waals surface area contributed by atoms with Crippen LogP contribution in [0.25, 0.3) is 11.0 Å². The first-order chi connectivity index (χ1) is 8.60. The second kappa shape index (κ2) is 4.88. The highest BCUT2D eigenvalue weighted by atomic mass is 16.6. The lowest BCUT2D eigenvalue weighted by molar-refractivity contribution is 0.0794. The lowest BCUT2D eigenvalue weighted by Gasteiger charge is -2.26. The van der Waals surface area contributed by atoms with E-state index in [0.29, 0.717) is 16.6 Å². The van der Waals surface area contributed by atoms with Crippen molar-refractivity contribution in [2.24, 2.45) is 5.41 Å². The number of hydrogen-bond acceptors (Lipinski definition) is 4. The summed E-state index contributed by atoms with van der Waals surface area (Å²) >= 11 is 0. The molecule has 18 heavy (non-hydrogen) atoms. The Kier molecular flexibility index (Phi) is 3.45. The monoisotopic (exact) mass is 246 g/mol. The molecule has 2 rings (SSSR count). The van der Waals surface area contributed by atoms with Crippen LogP contribution >= 0.6 is 0 Å². The number of benzene rings is 1. The van der Waals surface area contributed by atoms with Crippen LogP contribution in [-0.4, -0.2) is 16.1 Å². The van der Waals surface area contributed by atoms with Crippen LogP contribution in [0.4, 0.5) is 0 Å². The summed E-state index contributed by atoms with van der Waals surface area (Å²) in [5.41, 5.74) is 1.71. The first-order valence-corrected chi connectivity index (χ1v) is 6.38. The van der Waals surface area contributed by atoms with Gasteiger partial charge in [0.2, 0.25) is 0 Å². The Bertz CT molecular complexity index is 562. The molecule has 0 N–H and O–H groups in total. The Morgan fingerprint density at radius 2 is 2.00 bits per heavy atom. The van der Waals surface area contributed by atoms with Gasteiger partial charge in [-0.25, -0.2) is 4.63 Å². The molecule has 1 unspecified atom stereocenters. The molecule has 2 aromatic rings. The van der Waals surface area contributed by atoms with Crippen LogP contribution in [0.5, 0.6) is 0 Å². The molecule has 0 radical (unpaired) electrons. The fraction of sp³-hybridized carbons (Fsp3) is 0.500. The molecular weight excluding hydrogens is 228 g/mol. The minimum Gasteiger partial charge on any atom is -0.294 e. The molecule has 1 aromatic carbocycles. The Hall–Kier alpha value is -1.71. The first kappa shape index (κ1) is 12.7. The van der Waals surface area contributed by atoms with Crippen LogP contribution in [0.3, 0.4) is 0 Å². The lowest BCUT2D eigenvalue weighted by atomic mass is 9.76. The molecule has 0 aliphatic rings. The topological polar surface area (TPSA) is 56.0 Å². The average molecular weight is 246 g/mol. The van der Waals surface area contributed by atoms with E-state index in [-0.39, 0.29) is 11.2 Å². The number of ketones is 1. The van der Waals surface area contributed by atoms with Crippen molar-refractivity contribution >= 4 is 16.8 Å². The number of hydrogen-bond donors (Lipinski definition) is 0. The Morgan fingerprint density at radius 1 is 1.28 bits per heavy atom. The molecule has 1 heterocycles. The quantitative estimate of drug-likeness (QED) is 0.756. The molecular formula is C14H18N2O2. The summed E-state index contributed by atoms with van der Waals surface area (Å²) in [6.07, 6.45) is 2.75. The van der Waals surface area contributed by atoms with Gasteiger partial charge in [0.25, 0.3) is 0 Å². The van der Waals surface area contributed by atoms with Crippen LogP contribution in [0.2, 0.25) is 0 Å². The van der Waals surface area contributed by atoms with Gasteiger partial charge >= 0.3 is 0 Å². The first-order valence-electron chi connectivity index (χ1n) is 6.38. The van der Waals surface area contributed by atoms with E-state index in [1.54, 1.807) is 18.2 Å². The molecule has 0 saturated carbocycles. The highest BCUT2D eigenvalue weighted by molar-refractivity contribution is 6.02. The zero-order valence-corrected chi connectivity index (χ0v) is 11.1. The summed E-state index contributed by atoms with van der Waals surface area (Å²) in [6.45, 7) is 6.19. The number of fused-ring (bicyclic) bond motifs is 1. The van der Waals surface area contributed by atoms with Gasteiger partial charge < -0.3 is 0 Å². The van der Waals surface area contributed by atoms with E-state index in [1.807, 2.05) is 6.92 Å². The molecule has 0 saturated heterocycles. The maximum Gasteiger partial charge on any atom is 0.168 e. The molecule has 1 atom stereocenters. The summed E-state index contributed by atoms with van der Waals surface area (Å²) in [4.78, 5) is 12.6. The molecule has 4 heteroatoms. The van der Waals surface area contributed by atoms with E-state index in [9.17, 15) is 4.79 Å². The number of aromatic nitrogens is 2. The molecule has 1 aromatic heterocycles. The number of rotatable bonds is 5. The molecule has 0 spiro atoms. The smallest absolute Gasteiger partial charge is 0.168 e. The third kappa shape index (κ3) is 2.15. The van der Waals surface area contributed by atoms with E-state index in [2.05, 4.69) is 28.8 Å². The summed E-state index contributed by atoms with van der Waals surface area (Å²) in [5.74, 6) is 0.178. The number of Topliss-reactive ketones (excluding diaryl/α,β-unsaturated/α-hetero) is 1. The Balaban J connectivity index is 2.37. The van der Waals surface area contributed by atoms with Gasteiger partial charge in [-0.2, -0.15) is 0 Å². The highest BCUT2D eigenvalue weighted by Crippen LogP contribution is 2.32. The van der Waals surface area contributed by atoms with Crippen LogP contribution < -0.4 is 0 Å². The van der Waals surface area contributed by atoms with E-state index < -0.39 is 0 Å². The number of carbonyl (C=O) groups excluding carboxylic acids is 1. The molecule has 0 aliphatic carbocycles. The van der Waals surface area contributed by atoms with Crippen LogP contribution in [0, 0.1) is 5.41 Å². The van der Waals surface area contributed by atoms with Gasteiger partial charge in [-0.3, -0.25) is 4.79 Å². The van der Waals surface area contributed by atoms with Gasteiger partial charge in [-0.1, -0.05) is 27.2 Å². The Morgan fingerprint density at radius 3 is 2.67 bits per heavy atom. The van der Waals surface area contributed by atoms with E-state index >= 15 is 0 Å². The lowest BCUT2D eigenvalue weighted by Crippen LogP contribution is -2.27. The second-order valence-corrected chi connectivity index (χ2v) is 4.96. The van der Waals surface area contributed by atoms with Crippen LogP contribution in [-0.2, 0) is 0 Å². The molecule has 0 bridgehead atoms. The third-order valence-electron chi connectivity index (χ3n) is 3.65. The molecule has 96 valence electrons. The fourth-order valence-electron chi connectivity index (χ4n) is 2.27. The average Bonchev–Trinajstić information content (AvgIpc) is 2.85. The number of carbonyl (C=O) groups is 1. The van der Waals surface area contributed by atoms with Gasteiger partial charge in [0.05, 0.1) is 0 Å². The summed E-state index contributed by atoms with van der Waals surface area (Å²) in [6, 6.07) is 5.34. The van der Waals surface area contributed by atoms with Crippen molar-refractivity contribution in [3.05, 3.63) is 23.8 Å². The van der Waals surface area contributed by atoms with Crippen molar-refractivity contribution in [1.82, 2.24) is 10.3 Å². The van der Waals surface area contributed by atoms with E-state index in [0.717, 1.165) is 19.3 Å². The van der Waals surface area contributed by atoms with Crippen molar-refractivity contribution < 1.29 is 9.42 Å². The maximum atomic E-state index is 12.6. The highest BCUT2D eigenvalue weighted by Gasteiger charge is 2.31. The predicted octanol–water partition coefficient (Wildman–Crippen LogP) is 3.62. The van der Waals surface area contributed by atoms with Crippen molar-refractivity contribution in [1.29, 1.82) is 0 Å². The van der Waals surface area contributed by atoms with E-state index in [4.69, 9.17) is 0 Å². The molecule has 0 fully saturated rings. The van der Waals surface area contributed by atoms with Gasteiger partial charge in [-0.05, 0) is 41.4 Å². The standard InChI is InChI=1S/C14H18N2O2/c1-4-8-14(3,5-2)13(17)10-6-7-11-12(9-10)16-18-15-11/h6-7,9H,4-5,8H2,1-3H3. The van der Waals surface area contributed by atoms with Gasteiger partial charge in [-0.15, -0.1) is 0 Å². The SMILES string of the molecule is CCCC(C)(CC)C(=O)c1ccc2nonc2c1. The van der Waals surface area contributed by atoms with E-state index in [1.165, 1.54) is 0 Å². The summed E-state index contributed by atoms with van der Waals surface area (Å²) in [5, 5.41) is 7.52. The fourth-order valence-corrected chi connectivity index (χ4v) is 2.27. The molecule has 4 nitrogen and oxygen atoms in total. The van der Waals surface area contributed by atoms with Gasteiger partial charge in [0.15, 0.2) is 5.78 Å². The minimum atomic E-state index is -0.292. The zero-order chi connectivity index (χ0) is 13.2. The third-order valence-corrected chi connectivity index (χ3v) is 3.65. The molecule has 0 aliphatic heterocycles. The largest absolute Gasteiger partial charge is 0.294 e. The zero-order valence-electron chi connectivity index (χ0n) is 11.1. The van der Waals surface area contributed by atoms with Crippen LogP contribution in [0.15, 0.2) is 22.8 Å². The van der Waals surface area contributed by atoms with Crippen molar-refractivity contribution in [3.63, 3.8) is 0 Å². The van der Waals surface area contributed by atoms with Crippen LogP contribution in [0.1, 0.15) is 50.4 Å². The van der Waals surface area contributed by atoms with Gasteiger partial charge in [0, 0.05) is 11.0 Å². The normalized spacial score (nSPS) is 14.6.